The number of hydrogen-bond acceptors (Lipinski definition) is 3. The number of benzene rings is 1. The van der Waals surface area contributed by atoms with Crippen molar-refractivity contribution in [3.8, 4) is 22.8 Å². The van der Waals surface area contributed by atoms with Crippen LogP contribution in [0.5, 0.6) is 11.5 Å². The molecule has 0 fully saturated rings. The van der Waals surface area contributed by atoms with Gasteiger partial charge in [0.15, 0.2) is 0 Å². The molecular formula is C15H15NO2. The van der Waals surface area contributed by atoms with E-state index in [1.165, 1.54) is 0 Å². The Morgan fingerprint density at radius 3 is 2.83 bits per heavy atom. The maximum Gasteiger partial charge on any atom is 0.131 e. The Labute approximate surface area is 107 Å². The van der Waals surface area contributed by atoms with Gasteiger partial charge in [0, 0.05) is 17.8 Å². The van der Waals surface area contributed by atoms with Crippen LogP contribution in [0.25, 0.3) is 11.3 Å². The van der Waals surface area contributed by atoms with E-state index in [-0.39, 0.29) is 0 Å². The second kappa shape index (κ2) is 5.87. The van der Waals surface area contributed by atoms with Gasteiger partial charge >= 0.3 is 0 Å². The molecule has 1 aromatic carbocycles. The summed E-state index contributed by atoms with van der Waals surface area (Å²) in [6, 6.07) is 11.5. The van der Waals surface area contributed by atoms with Gasteiger partial charge < -0.3 is 9.47 Å². The molecule has 0 unspecified atom stereocenters. The van der Waals surface area contributed by atoms with Crippen LogP contribution in [0.4, 0.5) is 0 Å². The smallest absolute Gasteiger partial charge is 0.131 e. The summed E-state index contributed by atoms with van der Waals surface area (Å²) < 4.78 is 10.8. The van der Waals surface area contributed by atoms with E-state index >= 15 is 0 Å². The van der Waals surface area contributed by atoms with Crippen LogP contribution in [-0.4, -0.2) is 18.7 Å². The highest BCUT2D eigenvalue weighted by Gasteiger charge is 2.08. The van der Waals surface area contributed by atoms with E-state index in [4.69, 9.17) is 9.47 Å². The molecular weight excluding hydrogens is 226 g/mol. The average molecular weight is 241 g/mol. The zero-order valence-electron chi connectivity index (χ0n) is 10.3. The summed E-state index contributed by atoms with van der Waals surface area (Å²) in [5.41, 5.74) is 1.83. The lowest BCUT2D eigenvalue weighted by atomic mass is 10.1. The molecule has 3 heteroatoms. The van der Waals surface area contributed by atoms with Gasteiger partial charge in [0.2, 0.25) is 0 Å². The monoisotopic (exact) mass is 241 g/mol. The molecule has 0 amide bonds. The van der Waals surface area contributed by atoms with E-state index in [9.17, 15) is 0 Å². The lowest BCUT2D eigenvalue weighted by molar-refractivity contribution is 0.357. The molecule has 2 rings (SSSR count). The predicted molar refractivity (Wildman–Crippen MR) is 71.9 cm³/mol. The molecule has 2 aromatic rings. The van der Waals surface area contributed by atoms with Gasteiger partial charge in [0.1, 0.15) is 18.1 Å². The van der Waals surface area contributed by atoms with E-state index < -0.39 is 0 Å². The number of aromatic nitrogens is 1. The summed E-state index contributed by atoms with van der Waals surface area (Å²) in [5.74, 6) is 1.50. The molecule has 0 aliphatic carbocycles. The molecule has 0 saturated heterocycles. The average Bonchev–Trinajstić information content (AvgIpc) is 2.45. The Hall–Kier alpha value is -2.29. The number of pyridine rings is 1. The van der Waals surface area contributed by atoms with Crippen LogP contribution in [0.15, 0.2) is 55.3 Å². The van der Waals surface area contributed by atoms with Gasteiger partial charge in [0.05, 0.1) is 12.8 Å². The van der Waals surface area contributed by atoms with E-state index in [1.54, 1.807) is 19.4 Å². The molecule has 3 nitrogen and oxygen atoms in total. The molecule has 0 saturated carbocycles. The minimum absolute atomic E-state index is 0.478. The predicted octanol–water partition coefficient (Wildman–Crippen LogP) is 3.32. The van der Waals surface area contributed by atoms with Crippen molar-refractivity contribution < 1.29 is 9.47 Å². The van der Waals surface area contributed by atoms with Gasteiger partial charge in [-0.1, -0.05) is 18.7 Å². The zero-order chi connectivity index (χ0) is 12.8. The second-order valence-electron chi connectivity index (χ2n) is 3.68. The molecule has 18 heavy (non-hydrogen) atoms. The topological polar surface area (TPSA) is 31.4 Å². The van der Waals surface area contributed by atoms with E-state index in [0.717, 1.165) is 22.8 Å². The summed E-state index contributed by atoms with van der Waals surface area (Å²) >= 11 is 0. The van der Waals surface area contributed by atoms with E-state index in [0.29, 0.717) is 6.61 Å². The number of nitrogens with zero attached hydrogens (tertiary/aromatic N) is 1. The molecule has 0 atom stereocenters. The van der Waals surface area contributed by atoms with Crippen LogP contribution in [0.2, 0.25) is 0 Å². The molecule has 92 valence electrons. The van der Waals surface area contributed by atoms with Crippen molar-refractivity contribution in [1.29, 1.82) is 0 Å². The van der Waals surface area contributed by atoms with Crippen LogP contribution in [0.1, 0.15) is 0 Å². The quantitative estimate of drug-likeness (QED) is 0.752. The Bertz CT molecular complexity index is 523. The highest BCUT2D eigenvalue weighted by molar-refractivity contribution is 5.68. The van der Waals surface area contributed by atoms with Gasteiger partial charge in [-0.2, -0.15) is 0 Å². The third-order valence-corrected chi connectivity index (χ3v) is 2.48. The third kappa shape index (κ3) is 2.69. The Morgan fingerprint density at radius 1 is 1.28 bits per heavy atom. The largest absolute Gasteiger partial charge is 0.496 e. The van der Waals surface area contributed by atoms with E-state index in [1.807, 2.05) is 36.4 Å². The maximum atomic E-state index is 5.47. The first-order chi connectivity index (χ1) is 8.85. The van der Waals surface area contributed by atoms with Gasteiger partial charge in [-0.05, 0) is 24.3 Å². The molecule has 0 aliphatic heterocycles. The van der Waals surface area contributed by atoms with Gasteiger partial charge in [-0.15, -0.1) is 0 Å². The molecule has 0 bridgehead atoms. The Morgan fingerprint density at radius 2 is 2.17 bits per heavy atom. The van der Waals surface area contributed by atoms with Crippen LogP contribution in [-0.2, 0) is 0 Å². The first-order valence-electron chi connectivity index (χ1n) is 5.68. The SMILES string of the molecule is C=CCOc1ccc(-c2ccccn2)c(OC)c1. The fraction of sp³-hybridized carbons (Fsp3) is 0.133. The standard InChI is InChI=1S/C15H15NO2/c1-3-10-18-12-7-8-13(15(11-12)17-2)14-6-4-5-9-16-14/h3-9,11H,1,10H2,2H3. The molecule has 1 heterocycles. The molecule has 1 aromatic heterocycles. The number of methoxy groups -OCH3 is 1. The Kier molecular flexibility index (Phi) is 3.97. The summed E-state index contributed by atoms with van der Waals surface area (Å²) in [6.07, 6.45) is 3.47. The van der Waals surface area contributed by atoms with Crippen LogP contribution < -0.4 is 9.47 Å². The minimum atomic E-state index is 0.478. The van der Waals surface area contributed by atoms with Gasteiger partial charge in [-0.25, -0.2) is 0 Å². The normalized spacial score (nSPS) is 9.83. The minimum Gasteiger partial charge on any atom is -0.496 e. The van der Waals surface area contributed by atoms with Gasteiger partial charge in [-0.3, -0.25) is 4.98 Å². The molecule has 0 spiro atoms. The van der Waals surface area contributed by atoms with Crippen molar-refractivity contribution in [1.82, 2.24) is 4.98 Å². The zero-order valence-corrected chi connectivity index (χ0v) is 10.3. The van der Waals surface area contributed by atoms with E-state index in [2.05, 4.69) is 11.6 Å². The summed E-state index contributed by atoms with van der Waals surface area (Å²) in [5, 5.41) is 0. The molecule has 0 aliphatic rings. The maximum absolute atomic E-state index is 5.47. The molecule has 0 N–H and O–H groups in total. The molecule has 0 radical (unpaired) electrons. The summed E-state index contributed by atoms with van der Waals surface area (Å²) in [6.45, 7) is 4.10. The second-order valence-corrected chi connectivity index (χ2v) is 3.68. The fourth-order valence-corrected chi connectivity index (χ4v) is 1.65. The van der Waals surface area contributed by atoms with Crippen molar-refractivity contribution in [2.24, 2.45) is 0 Å². The van der Waals surface area contributed by atoms with Crippen molar-refractivity contribution >= 4 is 0 Å². The third-order valence-electron chi connectivity index (χ3n) is 2.48. The number of rotatable bonds is 5. The Balaban J connectivity index is 2.34. The summed E-state index contributed by atoms with van der Waals surface area (Å²) in [7, 11) is 1.64. The van der Waals surface area contributed by atoms with Gasteiger partial charge in [0.25, 0.3) is 0 Å². The lowest BCUT2D eigenvalue weighted by Crippen LogP contribution is -1.95. The number of hydrogen-bond donors (Lipinski definition) is 0. The highest BCUT2D eigenvalue weighted by Crippen LogP contribution is 2.31. The highest BCUT2D eigenvalue weighted by atomic mass is 16.5. The van der Waals surface area contributed by atoms with Crippen molar-refractivity contribution in [2.45, 2.75) is 0 Å². The van der Waals surface area contributed by atoms with Crippen molar-refractivity contribution in [2.75, 3.05) is 13.7 Å². The van der Waals surface area contributed by atoms with Crippen LogP contribution in [0.3, 0.4) is 0 Å². The first-order valence-corrected chi connectivity index (χ1v) is 5.68. The number of ether oxygens (including phenoxy) is 2. The first kappa shape index (κ1) is 12.2. The fourth-order valence-electron chi connectivity index (χ4n) is 1.65. The van der Waals surface area contributed by atoms with Crippen molar-refractivity contribution in [3.63, 3.8) is 0 Å². The van der Waals surface area contributed by atoms with Crippen molar-refractivity contribution in [3.05, 3.63) is 55.3 Å². The van der Waals surface area contributed by atoms with Crippen LogP contribution >= 0.6 is 0 Å². The van der Waals surface area contributed by atoms with Crippen LogP contribution in [0, 0.1) is 0 Å². The lowest BCUT2D eigenvalue weighted by Gasteiger charge is -2.10. The summed E-state index contributed by atoms with van der Waals surface area (Å²) in [4.78, 5) is 4.31.